The Labute approximate surface area is 382 Å². The number of benzene rings is 4. The summed E-state index contributed by atoms with van der Waals surface area (Å²) in [5, 5.41) is 11.8. The summed E-state index contributed by atoms with van der Waals surface area (Å²) in [4.78, 5) is 46.6. The summed E-state index contributed by atoms with van der Waals surface area (Å²) in [7, 11) is 0. The first-order valence-electron chi connectivity index (χ1n) is 20.4. The number of halogens is 2. The van der Waals surface area contributed by atoms with Crippen LogP contribution in [0.3, 0.4) is 0 Å². The van der Waals surface area contributed by atoms with Crippen LogP contribution in [0, 0.1) is 0 Å². The van der Waals surface area contributed by atoms with Crippen molar-refractivity contribution in [2.75, 3.05) is 26.2 Å². The van der Waals surface area contributed by atoms with E-state index in [1.807, 2.05) is 120 Å². The van der Waals surface area contributed by atoms with Gasteiger partial charge in [0.25, 0.3) is 11.8 Å². The summed E-state index contributed by atoms with van der Waals surface area (Å²) in [5.41, 5.74) is 15.1. The van der Waals surface area contributed by atoms with Crippen LogP contribution in [0.4, 0.5) is 0 Å². The van der Waals surface area contributed by atoms with Crippen molar-refractivity contribution in [1.82, 2.24) is 29.8 Å². The van der Waals surface area contributed by atoms with Crippen LogP contribution in [0.2, 0.25) is 0 Å². The predicted molar refractivity (Wildman–Crippen MR) is 249 cm³/mol. The van der Waals surface area contributed by atoms with Crippen LogP contribution in [0.5, 0.6) is 23.0 Å². The Morgan fingerprint density at radius 2 is 0.984 bits per heavy atom. The number of carbonyl (C=O) groups excluding carboxylic acids is 4. The lowest BCUT2D eigenvalue weighted by Crippen LogP contribution is -2.37. The zero-order valence-corrected chi connectivity index (χ0v) is 36.6. The summed E-state index contributed by atoms with van der Waals surface area (Å²) in [6.07, 6.45) is 5.96. The van der Waals surface area contributed by atoms with Gasteiger partial charge < -0.3 is 31.2 Å². The van der Waals surface area contributed by atoms with E-state index >= 15 is 0 Å². The molecule has 4 aromatic carbocycles. The quantitative estimate of drug-likeness (QED) is 0.0802. The van der Waals surface area contributed by atoms with Gasteiger partial charge in [-0.2, -0.15) is 10.2 Å². The number of rotatable bonds is 12. The minimum Gasteiger partial charge on any atom is -0.457 e. The number of hydrogen-bond donors (Lipinski definition) is 3. The number of nitrogens with two attached hydrogens (primary N) is 2. The van der Waals surface area contributed by atoms with Crippen LogP contribution >= 0.6 is 24.0 Å². The lowest BCUT2D eigenvalue weighted by molar-refractivity contribution is -0.127. The highest BCUT2D eigenvalue weighted by Crippen LogP contribution is 2.32. The molecule has 2 saturated heterocycles. The lowest BCUT2D eigenvalue weighted by atomic mass is 9.93. The monoisotopic (exact) mass is 904 g/mol. The number of primary amides is 2. The summed E-state index contributed by atoms with van der Waals surface area (Å²) in [6.45, 7) is 9.83. The second-order valence-electron chi connectivity index (χ2n) is 14.6. The van der Waals surface area contributed by atoms with Crippen molar-refractivity contribution < 1.29 is 28.7 Å². The maximum atomic E-state index is 11.9. The number of para-hydroxylation sites is 2. The number of hydrogen-bond acceptors (Lipinski definition) is 9. The Bertz CT molecular complexity index is 2500. The number of amides is 3. The van der Waals surface area contributed by atoms with Crippen LogP contribution in [-0.4, -0.2) is 73.6 Å². The van der Waals surface area contributed by atoms with Gasteiger partial charge in [-0.25, -0.2) is 9.36 Å². The number of ether oxygens (including phenoxy) is 2. The maximum Gasteiger partial charge on any atom is 0.269 e. The minimum atomic E-state index is -0.566. The number of aromatic nitrogens is 4. The Balaban J connectivity index is 0.000000216. The van der Waals surface area contributed by atoms with Gasteiger partial charge in [0.15, 0.2) is 11.4 Å². The molecule has 2 aromatic heterocycles. The average molecular weight is 906 g/mol. The third-order valence-electron chi connectivity index (χ3n) is 10.4. The van der Waals surface area contributed by atoms with E-state index in [1.54, 1.807) is 15.6 Å². The highest BCUT2D eigenvalue weighted by Gasteiger charge is 2.27. The number of allylic oxidation sites excluding steroid dienone is 1. The topological polar surface area (TPSA) is 190 Å². The summed E-state index contributed by atoms with van der Waals surface area (Å²) in [5.74, 6) is 2.38. The molecule has 2 aliphatic heterocycles. The van der Waals surface area contributed by atoms with Gasteiger partial charge in [0, 0.05) is 36.3 Å². The molecule has 0 spiro atoms. The first kappa shape index (κ1) is 48.0. The zero-order chi connectivity index (χ0) is 44.7. The third-order valence-corrected chi connectivity index (χ3v) is 10.6. The summed E-state index contributed by atoms with van der Waals surface area (Å²) < 4.78 is 15.3. The number of likely N-dealkylation sites (tertiary alicyclic amines) is 1. The van der Waals surface area contributed by atoms with E-state index in [4.69, 9.17) is 32.5 Å². The molecule has 0 aliphatic carbocycles. The predicted octanol–water partition coefficient (Wildman–Crippen LogP) is 8.25. The van der Waals surface area contributed by atoms with Crippen molar-refractivity contribution in [1.29, 1.82) is 0 Å². The van der Waals surface area contributed by atoms with Crippen molar-refractivity contribution in [2.45, 2.75) is 37.5 Å². The van der Waals surface area contributed by atoms with Crippen molar-refractivity contribution in [3.05, 3.63) is 169 Å². The molecule has 2 aliphatic rings. The molecule has 5 N–H and O–H groups in total. The smallest absolute Gasteiger partial charge is 0.269 e. The summed E-state index contributed by atoms with van der Waals surface area (Å²) in [6, 6.07) is 38.0. The molecule has 4 heterocycles. The molecule has 0 saturated carbocycles. The third kappa shape index (κ3) is 13.0. The number of nitrogens with one attached hydrogen (secondary N) is 1. The lowest BCUT2D eigenvalue weighted by Gasteiger charge is -2.31. The molecule has 0 bridgehead atoms. The highest BCUT2D eigenvalue weighted by atomic mass is 35.5. The molecule has 0 unspecified atom stereocenters. The Hall–Kier alpha value is -7.00. The van der Waals surface area contributed by atoms with Crippen LogP contribution in [0.15, 0.2) is 147 Å². The molecular weight excluding hydrogens is 855 g/mol. The number of carbonyl (C=O) groups is 4. The molecule has 2 fully saturated rings. The molecule has 8 rings (SSSR count). The number of nitrogens with zero attached hydrogens (tertiary/aromatic N) is 5. The van der Waals surface area contributed by atoms with Crippen molar-refractivity contribution in [2.24, 2.45) is 11.5 Å². The van der Waals surface area contributed by atoms with Gasteiger partial charge >= 0.3 is 0 Å². The molecule has 64 heavy (non-hydrogen) atoms. The van der Waals surface area contributed by atoms with Crippen molar-refractivity contribution in [3.63, 3.8) is 0 Å². The molecule has 6 aromatic rings. The van der Waals surface area contributed by atoms with Gasteiger partial charge in [-0.05, 0) is 147 Å². The fourth-order valence-electron chi connectivity index (χ4n) is 7.23. The van der Waals surface area contributed by atoms with Crippen LogP contribution in [-0.2, 0) is 9.59 Å². The van der Waals surface area contributed by atoms with Gasteiger partial charge in [-0.1, -0.05) is 49.6 Å². The van der Waals surface area contributed by atoms with Gasteiger partial charge in [-0.15, -0.1) is 12.4 Å². The molecule has 0 atom stereocenters. The number of piperidine rings is 2. The van der Waals surface area contributed by atoms with Crippen molar-refractivity contribution in [3.8, 4) is 34.4 Å². The van der Waals surface area contributed by atoms with Gasteiger partial charge in [-0.3, -0.25) is 19.2 Å². The van der Waals surface area contributed by atoms with Crippen molar-refractivity contribution >= 4 is 47.0 Å². The van der Waals surface area contributed by atoms with Crippen LogP contribution in [0.25, 0.3) is 11.4 Å². The van der Waals surface area contributed by atoms with E-state index in [9.17, 15) is 19.2 Å². The Morgan fingerprint density at radius 3 is 1.34 bits per heavy atom. The molecule has 0 radical (unpaired) electrons. The van der Waals surface area contributed by atoms with Gasteiger partial charge in [0.2, 0.25) is 11.1 Å². The van der Waals surface area contributed by atoms with Gasteiger partial charge in [0.1, 0.15) is 23.0 Å². The second kappa shape index (κ2) is 23.4. The average Bonchev–Trinajstić information content (AvgIpc) is 3.98. The van der Waals surface area contributed by atoms with E-state index in [-0.39, 0.29) is 29.9 Å². The molecule has 14 nitrogen and oxygen atoms in total. The largest absolute Gasteiger partial charge is 0.457 e. The standard InChI is InChI=1S/C24H24N4O3.C21H22N4O2.C3H3ClO.ClH/c1-2-23(29)27-14-12-17(13-15-27)22-16-21(24(25)30)26-28(22)18-8-10-20(11-9-18)31-19-6-4-3-5-7-19;22-21(26)19-14-20(15-10-12-23-13-11-15)25(24-19)16-6-8-18(9-7-16)27-17-4-2-1-3-5-17;1-2-3(4)5;/h2-11,16-17H,1,12-15H2,(H2,25,30);1-9,14-15,23H,10-13H2,(H2,22,26);2H,1H2;1H. The minimum absolute atomic E-state index is 0. The SMILES string of the molecule is C=CC(=O)Cl.C=CC(=O)N1CCC(c2cc(C(N)=O)nn2-c2ccc(Oc3ccccc3)cc2)CC1.Cl.NC(=O)c1cc(C2CCNCC2)n(-c2ccc(Oc3ccccc3)cc2)n1. The van der Waals surface area contributed by atoms with E-state index in [0.29, 0.717) is 30.5 Å². The normalized spacial score (nSPS) is 13.7. The van der Waals surface area contributed by atoms with E-state index in [0.717, 1.165) is 84.9 Å². The summed E-state index contributed by atoms with van der Waals surface area (Å²) >= 11 is 4.71. The molecule has 332 valence electrons. The first-order valence-corrected chi connectivity index (χ1v) is 20.8. The van der Waals surface area contributed by atoms with E-state index in [2.05, 4.69) is 28.7 Å². The first-order chi connectivity index (χ1) is 30.5. The Kier molecular flexibility index (Phi) is 17.6. The van der Waals surface area contributed by atoms with Gasteiger partial charge in [0.05, 0.1) is 11.4 Å². The second-order valence-corrected chi connectivity index (χ2v) is 15.0. The maximum absolute atomic E-state index is 11.9. The fraction of sp³-hybridized carbons (Fsp3) is 0.208. The molecular formula is C48H50Cl2N8O6. The van der Waals surface area contributed by atoms with Crippen LogP contribution < -0.4 is 26.3 Å². The zero-order valence-electron chi connectivity index (χ0n) is 35.1. The fourth-order valence-corrected chi connectivity index (χ4v) is 7.23. The Morgan fingerprint density at radius 1 is 0.609 bits per heavy atom. The molecule has 3 amide bonds. The van der Waals surface area contributed by atoms with E-state index < -0.39 is 17.1 Å². The highest BCUT2D eigenvalue weighted by molar-refractivity contribution is 6.66. The van der Waals surface area contributed by atoms with Crippen LogP contribution in [0.1, 0.15) is 69.9 Å². The molecule has 16 heteroatoms. The van der Waals surface area contributed by atoms with E-state index in [1.165, 1.54) is 6.08 Å².